The van der Waals surface area contributed by atoms with Crippen LogP contribution in [0.25, 0.3) is 0 Å². The van der Waals surface area contributed by atoms with E-state index in [-0.39, 0.29) is 11.6 Å². The van der Waals surface area contributed by atoms with E-state index in [4.69, 9.17) is 4.74 Å². The van der Waals surface area contributed by atoms with Crippen molar-refractivity contribution < 1.29 is 9.53 Å². The minimum absolute atomic E-state index is 0.113. The highest BCUT2D eigenvalue weighted by atomic mass is 16.6. The lowest BCUT2D eigenvalue weighted by molar-refractivity contribution is -0.155. The maximum Gasteiger partial charge on any atom is 0.307 e. The van der Waals surface area contributed by atoms with Crippen molar-refractivity contribution in [2.45, 2.75) is 52.7 Å². The summed E-state index contributed by atoms with van der Waals surface area (Å²) in [5.41, 5.74) is -0.386. The summed E-state index contributed by atoms with van der Waals surface area (Å²) in [5, 5.41) is 0. The van der Waals surface area contributed by atoms with Crippen LogP contribution in [0.15, 0.2) is 0 Å². The first-order valence-corrected chi connectivity index (χ1v) is 6.76. The molecule has 0 radical (unpaired) electrons. The fourth-order valence-corrected chi connectivity index (χ4v) is 1.96. The molecule has 0 saturated carbocycles. The van der Waals surface area contributed by atoms with E-state index in [0.717, 1.165) is 19.6 Å². The number of hydrogen-bond acceptors (Lipinski definition) is 4. The van der Waals surface area contributed by atoms with Crippen molar-refractivity contribution >= 4 is 5.97 Å². The molecule has 108 valence electrons. The summed E-state index contributed by atoms with van der Waals surface area (Å²) in [7, 11) is 4.14. The lowest BCUT2D eigenvalue weighted by atomic mass is 10.2. The molecule has 18 heavy (non-hydrogen) atoms. The van der Waals surface area contributed by atoms with Crippen LogP contribution in [0.1, 0.15) is 41.0 Å². The van der Waals surface area contributed by atoms with Crippen molar-refractivity contribution in [3.8, 4) is 0 Å². The maximum atomic E-state index is 11.7. The number of carbonyl (C=O) groups excluding carboxylic acids is 1. The first kappa shape index (κ1) is 17.4. The summed E-state index contributed by atoms with van der Waals surface area (Å²) in [4.78, 5) is 16.1. The van der Waals surface area contributed by atoms with Gasteiger partial charge in [-0.25, -0.2) is 0 Å². The number of nitrogens with zero attached hydrogens (tertiary/aromatic N) is 2. The Balaban J connectivity index is 4.11. The quantitative estimate of drug-likeness (QED) is 0.654. The lowest BCUT2D eigenvalue weighted by Gasteiger charge is -2.30. The molecule has 0 heterocycles. The Labute approximate surface area is 112 Å². The smallest absolute Gasteiger partial charge is 0.307 e. The maximum absolute atomic E-state index is 11.7. The van der Waals surface area contributed by atoms with Crippen molar-refractivity contribution in [2.24, 2.45) is 0 Å². The average molecular weight is 258 g/mol. The summed E-state index contributed by atoms with van der Waals surface area (Å²) < 4.78 is 5.32. The van der Waals surface area contributed by atoms with Crippen molar-refractivity contribution in [1.29, 1.82) is 0 Å². The molecule has 4 heteroatoms. The molecule has 0 rings (SSSR count). The minimum atomic E-state index is -0.386. The van der Waals surface area contributed by atoms with Gasteiger partial charge in [-0.15, -0.1) is 0 Å². The number of ether oxygens (including phenoxy) is 1. The molecule has 0 spiro atoms. The van der Waals surface area contributed by atoms with E-state index in [0.29, 0.717) is 12.5 Å². The Bertz CT molecular complexity index is 247. The number of likely N-dealkylation sites (N-methyl/N-ethyl adjacent to an activating group) is 2. The van der Waals surface area contributed by atoms with E-state index in [1.54, 1.807) is 0 Å². The van der Waals surface area contributed by atoms with Crippen LogP contribution in [0.2, 0.25) is 0 Å². The van der Waals surface area contributed by atoms with Gasteiger partial charge in [0.1, 0.15) is 5.60 Å². The molecule has 0 aliphatic heterocycles. The summed E-state index contributed by atoms with van der Waals surface area (Å²) in [5.74, 6) is -0.113. The van der Waals surface area contributed by atoms with Crippen LogP contribution in [-0.4, -0.2) is 61.1 Å². The van der Waals surface area contributed by atoms with E-state index >= 15 is 0 Å². The van der Waals surface area contributed by atoms with Crippen molar-refractivity contribution in [1.82, 2.24) is 9.80 Å². The third-order valence-electron chi connectivity index (χ3n) is 2.68. The van der Waals surface area contributed by atoms with Gasteiger partial charge in [0.2, 0.25) is 0 Å². The zero-order valence-electron chi connectivity index (χ0n) is 13.1. The molecule has 1 unspecified atom stereocenters. The van der Waals surface area contributed by atoms with Crippen molar-refractivity contribution in [2.75, 3.05) is 33.7 Å². The fourth-order valence-electron chi connectivity index (χ4n) is 1.96. The highest BCUT2D eigenvalue weighted by Gasteiger charge is 2.18. The second kappa shape index (κ2) is 7.74. The zero-order chi connectivity index (χ0) is 14.3. The lowest BCUT2D eigenvalue weighted by Crippen LogP contribution is -2.41. The normalized spacial score (nSPS) is 14.1. The Morgan fingerprint density at radius 2 is 1.83 bits per heavy atom. The molecule has 0 saturated heterocycles. The van der Waals surface area contributed by atoms with Gasteiger partial charge in [0.15, 0.2) is 0 Å². The van der Waals surface area contributed by atoms with E-state index in [2.05, 4.69) is 37.7 Å². The summed E-state index contributed by atoms with van der Waals surface area (Å²) >= 11 is 0. The van der Waals surface area contributed by atoms with Crippen LogP contribution >= 0.6 is 0 Å². The second-order valence-electron chi connectivity index (χ2n) is 6.08. The van der Waals surface area contributed by atoms with Gasteiger partial charge >= 0.3 is 5.97 Å². The van der Waals surface area contributed by atoms with Crippen LogP contribution < -0.4 is 0 Å². The van der Waals surface area contributed by atoms with Crippen LogP contribution in [-0.2, 0) is 9.53 Å². The molecule has 0 fully saturated rings. The van der Waals surface area contributed by atoms with Crippen LogP contribution in [0.5, 0.6) is 0 Å². The van der Waals surface area contributed by atoms with Gasteiger partial charge < -0.3 is 9.64 Å². The molecular formula is C14H30N2O2. The van der Waals surface area contributed by atoms with Gasteiger partial charge in [-0.1, -0.05) is 6.92 Å². The Hall–Kier alpha value is -0.610. The van der Waals surface area contributed by atoms with Gasteiger partial charge in [0.25, 0.3) is 0 Å². The number of hydrogen-bond donors (Lipinski definition) is 0. The highest BCUT2D eigenvalue weighted by Crippen LogP contribution is 2.09. The molecule has 0 aromatic rings. The SMILES string of the molecule is CCN(CCC(=O)OC(C)(C)C)C(C)CN(C)C. The number of esters is 1. The molecule has 0 amide bonds. The molecule has 0 bridgehead atoms. The predicted molar refractivity (Wildman–Crippen MR) is 75.7 cm³/mol. The monoisotopic (exact) mass is 258 g/mol. The average Bonchev–Trinajstić information content (AvgIpc) is 2.14. The van der Waals surface area contributed by atoms with Crippen LogP contribution in [0, 0.1) is 0 Å². The molecule has 0 N–H and O–H groups in total. The Morgan fingerprint density at radius 3 is 2.22 bits per heavy atom. The number of rotatable bonds is 7. The molecule has 1 atom stereocenters. The molecule has 0 aliphatic carbocycles. The van der Waals surface area contributed by atoms with Crippen molar-refractivity contribution in [3.63, 3.8) is 0 Å². The van der Waals surface area contributed by atoms with Gasteiger partial charge in [-0.3, -0.25) is 9.69 Å². The molecule has 0 aliphatic rings. The topological polar surface area (TPSA) is 32.8 Å². The zero-order valence-corrected chi connectivity index (χ0v) is 13.1. The highest BCUT2D eigenvalue weighted by molar-refractivity contribution is 5.70. The van der Waals surface area contributed by atoms with Crippen LogP contribution in [0.4, 0.5) is 0 Å². The molecule has 0 aromatic carbocycles. The molecular weight excluding hydrogens is 228 g/mol. The number of carbonyl (C=O) groups is 1. The minimum Gasteiger partial charge on any atom is -0.460 e. The molecule has 0 aromatic heterocycles. The third kappa shape index (κ3) is 8.48. The summed E-state index contributed by atoms with van der Waals surface area (Å²) in [6.07, 6.45) is 0.461. The van der Waals surface area contributed by atoms with Gasteiger partial charge in [0.05, 0.1) is 6.42 Å². The van der Waals surface area contributed by atoms with Crippen molar-refractivity contribution in [3.05, 3.63) is 0 Å². The third-order valence-corrected chi connectivity index (χ3v) is 2.68. The first-order chi connectivity index (χ1) is 8.15. The first-order valence-electron chi connectivity index (χ1n) is 6.76. The van der Waals surface area contributed by atoms with Gasteiger partial charge in [0, 0.05) is 19.1 Å². The Kier molecular flexibility index (Phi) is 7.48. The van der Waals surface area contributed by atoms with Gasteiger partial charge in [-0.05, 0) is 48.3 Å². The van der Waals surface area contributed by atoms with E-state index in [1.165, 1.54) is 0 Å². The largest absolute Gasteiger partial charge is 0.460 e. The van der Waals surface area contributed by atoms with E-state index < -0.39 is 0 Å². The van der Waals surface area contributed by atoms with Crippen LogP contribution in [0.3, 0.4) is 0 Å². The second-order valence-corrected chi connectivity index (χ2v) is 6.08. The Morgan fingerprint density at radius 1 is 1.28 bits per heavy atom. The standard InChI is InChI=1S/C14H30N2O2/c1-8-16(12(2)11-15(6)7)10-9-13(17)18-14(3,4)5/h12H,8-11H2,1-7H3. The molecule has 4 nitrogen and oxygen atoms in total. The van der Waals surface area contributed by atoms with E-state index in [9.17, 15) is 4.79 Å². The van der Waals surface area contributed by atoms with E-state index in [1.807, 2.05) is 20.8 Å². The fraction of sp³-hybridized carbons (Fsp3) is 0.929. The summed E-state index contributed by atoms with van der Waals surface area (Å²) in [6.45, 7) is 12.7. The summed E-state index contributed by atoms with van der Waals surface area (Å²) in [6, 6.07) is 0.451. The predicted octanol–water partition coefficient (Wildman–Crippen LogP) is 1.99. The van der Waals surface area contributed by atoms with Gasteiger partial charge in [-0.2, -0.15) is 0 Å².